The Kier molecular flexibility index (Phi) is 4.40. The molecule has 4 heteroatoms. The largest absolute Gasteiger partial charge is 0.369 e. The molecular formula is C15H21BrN2S. The lowest BCUT2D eigenvalue weighted by Crippen LogP contribution is -2.37. The Balaban J connectivity index is 1.77. The van der Waals surface area contributed by atoms with Crippen LogP contribution in [-0.2, 0) is 6.54 Å². The van der Waals surface area contributed by atoms with E-state index in [1.165, 1.54) is 40.9 Å². The zero-order valence-corrected chi connectivity index (χ0v) is 13.8. The van der Waals surface area contributed by atoms with Crippen LogP contribution in [0.15, 0.2) is 22.7 Å². The smallest absolute Gasteiger partial charge is 0.0423 e. The molecule has 1 aliphatic carbocycles. The lowest BCUT2D eigenvalue weighted by Gasteiger charge is -2.34. The van der Waals surface area contributed by atoms with Gasteiger partial charge in [0.1, 0.15) is 0 Å². The fraction of sp³-hybridized carbons (Fsp3) is 0.600. The summed E-state index contributed by atoms with van der Waals surface area (Å²) in [6.07, 6.45) is 2.70. The van der Waals surface area contributed by atoms with Crippen molar-refractivity contribution in [1.29, 1.82) is 0 Å². The Hall–Kier alpha value is -0.190. The summed E-state index contributed by atoms with van der Waals surface area (Å²) in [5.74, 6) is 1.24. The number of benzene rings is 1. The van der Waals surface area contributed by atoms with Gasteiger partial charge in [-0.05, 0) is 30.5 Å². The zero-order chi connectivity index (χ0) is 13.2. The minimum absolute atomic E-state index is 0.733. The van der Waals surface area contributed by atoms with Crippen molar-refractivity contribution in [3.63, 3.8) is 0 Å². The van der Waals surface area contributed by atoms with E-state index in [9.17, 15) is 0 Å². The van der Waals surface area contributed by atoms with Gasteiger partial charge in [-0.15, -0.1) is 0 Å². The summed E-state index contributed by atoms with van der Waals surface area (Å²) in [6.45, 7) is 5.67. The van der Waals surface area contributed by atoms with Crippen LogP contribution in [0.2, 0.25) is 0 Å². The minimum atomic E-state index is 0.733. The lowest BCUT2D eigenvalue weighted by molar-refractivity contribution is 0.681. The van der Waals surface area contributed by atoms with Gasteiger partial charge in [0.2, 0.25) is 0 Å². The molecule has 2 fully saturated rings. The second kappa shape index (κ2) is 6.06. The molecule has 104 valence electrons. The number of rotatable bonds is 4. The van der Waals surface area contributed by atoms with Gasteiger partial charge in [-0.2, -0.15) is 11.8 Å². The molecule has 1 saturated carbocycles. The van der Waals surface area contributed by atoms with Crippen molar-refractivity contribution >= 4 is 33.4 Å². The molecule has 0 spiro atoms. The van der Waals surface area contributed by atoms with Gasteiger partial charge >= 0.3 is 0 Å². The second-order valence-corrected chi connectivity index (χ2v) is 8.02. The van der Waals surface area contributed by atoms with Crippen LogP contribution >= 0.6 is 27.7 Å². The Morgan fingerprint density at radius 2 is 2.26 bits per heavy atom. The Labute approximate surface area is 128 Å². The van der Waals surface area contributed by atoms with E-state index in [1.807, 2.05) is 0 Å². The van der Waals surface area contributed by atoms with Crippen molar-refractivity contribution in [3.05, 3.63) is 28.2 Å². The van der Waals surface area contributed by atoms with Gasteiger partial charge in [0.05, 0.1) is 0 Å². The molecule has 0 aromatic heterocycles. The van der Waals surface area contributed by atoms with Gasteiger partial charge in [0.25, 0.3) is 0 Å². The number of hydrogen-bond acceptors (Lipinski definition) is 3. The Morgan fingerprint density at radius 1 is 1.42 bits per heavy atom. The van der Waals surface area contributed by atoms with Crippen molar-refractivity contribution in [2.24, 2.45) is 0 Å². The molecule has 1 heterocycles. The van der Waals surface area contributed by atoms with Crippen molar-refractivity contribution in [2.75, 3.05) is 23.7 Å². The highest BCUT2D eigenvalue weighted by Crippen LogP contribution is 2.30. The van der Waals surface area contributed by atoms with E-state index in [-0.39, 0.29) is 0 Å². The topological polar surface area (TPSA) is 15.3 Å². The quantitative estimate of drug-likeness (QED) is 0.900. The first-order valence-electron chi connectivity index (χ1n) is 7.11. The van der Waals surface area contributed by atoms with Gasteiger partial charge in [0, 0.05) is 46.8 Å². The molecule has 1 saturated heterocycles. The molecular weight excluding hydrogens is 320 g/mol. The molecule has 0 radical (unpaired) electrons. The number of hydrogen-bond donors (Lipinski definition) is 1. The summed E-state index contributed by atoms with van der Waals surface area (Å²) in [7, 11) is 0. The minimum Gasteiger partial charge on any atom is -0.369 e. The molecule has 0 amide bonds. The molecule has 2 aliphatic rings. The van der Waals surface area contributed by atoms with Crippen LogP contribution in [0, 0.1) is 0 Å². The van der Waals surface area contributed by atoms with Crippen molar-refractivity contribution in [1.82, 2.24) is 5.32 Å². The summed E-state index contributed by atoms with van der Waals surface area (Å²) < 4.78 is 1.18. The molecule has 2 nitrogen and oxygen atoms in total. The van der Waals surface area contributed by atoms with Gasteiger partial charge < -0.3 is 10.2 Å². The van der Waals surface area contributed by atoms with Crippen LogP contribution in [0.25, 0.3) is 0 Å². The maximum absolute atomic E-state index is 3.64. The molecule has 0 bridgehead atoms. The summed E-state index contributed by atoms with van der Waals surface area (Å²) >= 11 is 5.70. The van der Waals surface area contributed by atoms with E-state index in [0.29, 0.717) is 0 Å². The maximum atomic E-state index is 3.64. The molecule has 19 heavy (non-hydrogen) atoms. The monoisotopic (exact) mass is 340 g/mol. The number of nitrogens with zero attached hydrogens (tertiary/aromatic N) is 1. The highest BCUT2D eigenvalue weighted by Gasteiger charge is 2.22. The number of thioether (sulfide) groups is 1. The fourth-order valence-corrected chi connectivity index (χ4v) is 3.92. The third-order valence-electron chi connectivity index (χ3n) is 3.79. The summed E-state index contributed by atoms with van der Waals surface area (Å²) in [5, 5.41) is 4.37. The van der Waals surface area contributed by atoms with Gasteiger partial charge in [-0.25, -0.2) is 0 Å². The first-order valence-corrected chi connectivity index (χ1v) is 8.95. The van der Waals surface area contributed by atoms with E-state index in [1.54, 1.807) is 0 Å². The number of nitrogens with one attached hydrogen (secondary N) is 1. The highest BCUT2D eigenvalue weighted by molar-refractivity contribution is 9.10. The first-order chi connectivity index (χ1) is 9.22. The Morgan fingerprint density at radius 3 is 3.00 bits per heavy atom. The van der Waals surface area contributed by atoms with Crippen molar-refractivity contribution < 1.29 is 0 Å². The van der Waals surface area contributed by atoms with Crippen LogP contribution in [0.4, 0.5) is 5.69 Å². The normalized spacial score (nSPS) is 23.7. The zero-order valence-electron chi connectivity index (χ0n) is 11.4. The van der Waals surface area contributed by atoms with Gasteiger partial charge in [-0.3, -0.25) is 0 Å². The van der Waals surface area contributed by atoms with Crippen LogP contribution in [0.1, 0.15) is 25.3 Å². The summed E-state index contributed by atoms with van der Waals surface area (Å²) in [6, 6.07) is 7.48. The van der Waals surface area contributed by atoms with E-state index < -0.39 is 0 Å². The van der Waals surface area contributed by atoms with E-state index in [0.717, 1.165) is 24.4 Å². The summed E-state index contributed by atoms with van der Waals surface area (Å²) in [4.78, 5) is 2.55. The average Bonchev–Trinajstić information content (AvgIpc) is 3.21. The van der Waals surface area contributed by atoms with Gasteiger partial charge in [0.15, 0.2) is 0 Å². The molecule has 1 unspecified atom stereocenters. The molecule has 1 atom stereocenters. The van der Waals surface area contributed by atoms with Crippen LogP contribution < -0.4 is 10.2 Å². The molecule has 1 N–H and O–H groups in total. The molecule has 1 aromatic rings. The van der Waals surface area contributed by atoms with E-state index in [2.05, 4.69) is 63.0 Å². The third-order valence-corrected chi connectivity index (χ3v) is 5.42. The lowest BCUT2D eigenvalue weighted by atomic mass is 10.1. The van der Waals surface area contributed by atoms with E-state index >= 15 is 0 Å². The fourth-order valence-electron chi connectivity index (χ4n) is 2.56. The average molecular weight is 341 g/mol. The number of halogens is 1. The van der Waals surface area contributed by atoms with Crippen LogP contribution in [0.5, 0.6) is 0 Å². The standard InChI is InChI=1S/C15H21BrN2S/c1-11-10-18(6-7-19-11)15-8-13(16)3-2-12(15)9-17-14-4-5-14/h2-3,8,11,14,17H,4-7,9-10H2,1H3. The molecule has 1 aliphatic heterocycles. The van der Waals surface area contributed by atoms with E-state index in [4.69, 9.17) is 0 Å². The third kappa shape index (κ3) is 3.67. The Bertz CT molecular complexity index is 448. The molecule has 1 aromatic carbocycles. The van der Waals surface area contributed by atoms with Gasteiger partial charge in [-0.1, -0.05) is 28.9 Å². The predicted molar refractivity (Wildman–Crippen MR) is 88.1 cm³/mol. The summed E-state index contributed by atoms with van der Waals surface area (Å²) in [5.41, 5.74) is 2.85. The maximum Gasteiger partial charge on any atom is 0.0423 e. The van der Waals surface area contributed by atoms with Crippen LogP contribution in [0.3, 0.4) is 0 Å². The predicted octanol–water partition coefficient (Wildman–Crippen LogP) is 3.64. The van der Waals surface area contributed by atoms with Crippen molar-refractivity contribution in [2.45, 2.75) is 37.6 Å². The molecule has 3 rings (SSSR count). The van der Waals surface area contributed by atoms with Crippen molar-refractivity contribution in [3.8, 4) is 0 Å². The second-order valence-electron chi connectivity index (χ2n) is 5.56. The number of anilines is 1. The SMILES string of the molecule is CC1CN(c2cc(Br)ccc2CNC2CC2)CCS1. The first kappa shape index (κ1) is 13.8. The van der Waals surface area contributed by atoms with Crippen LogP contribution in [-0.4, -0.2) is 30.1 Å². The highest BCUT2D eigenvalue weighted by atomic mass is 79.9.